The molecule has 0 spiro atoms. The van der Waals surface area contributed by atoms with Crippen LogP contribution in [0.2, 0.25) is 0 Å². The van der Waals surface area contributed by atoms with Crippen molar-refractivity contribution in [1.82, 2.24) is 0 Å². The fourth-order valence-electron chi connectivity index (χ4n) is 2.03. The summed E-state index contributed by atoms with van der Waals surface area (Å²) < 4.78 is 5.36. The van der Waals surface area contributed by atoms with Gasteiger partial charge in [-0.3, -0.25) is 0 Å². The number of aliphatic hydroxyl groups is 1. The Morgan fingerprint density at radius 2 is 2.13 bits per heavy atom. The van der Waals surface area contributed by atoms with E-state index < -0.39 is 0 Å². The number of benzene rings is 1. The fourth-order valence-corrected chi connectivity index (χ4v) is 2.03. The minimum Gasteiger partial charge on any atom is -0.508 e. The molecule has 0 bridgehead atoms. The quantitative estimate of drug-likeness (QED) is 0.689. The van der Waals surface area contributed by atoms with Crippen molar-refractivity contribution in [2.45, 2.75) is 18.8 Å². The van der Waals surface area contributed by atoms with Gasteiger partial charge in [-0.05, 0) is 18.8 Å². The Kier molecular flexibility index (Phi) is 2.68. The molecule has 15 heavy (non-hydrogen) atoms. The number of hydrogen-bond acceptors (Lipinski definition) is 4. The van der Waals surface area contributed by atoms with E-state index in [0.29, 0.717) is 24.3 Å². The van der Waals surface area contributed by atoms with Gasteiger partial charge in [-0.25, -0.2) is 0 Å². The number of phenolic OH excluding ortho intramolecular Hbond substituents is 2. The van der Waals surface area contributed by atoms with E-state index in [9.17, 15) is 10.2 Å². The summed E-state index contributed by atoms with van der Waals surface area (Å²) in [6.45, 7) is 0.644. The summed E-state index contributed by atoms with van der Waals surface area (Å²) in [5.41, 5.74) is 0.702. The van der Waals surface area contributed by atoms with Gasteiger partial charge in [0.05, 0.1) is 6.61 Å². The van der Waals surface area contributed by atoms with Crippen LogP contribution in [0.1, 0.15) is 24.3 Å². The van der Waals surface area contributed by atoms with Gasteiger partial charge in [-0.15, -0.1) is 0 Å². The summed E-state index contributed by atoms with van der Waals surface area (Å²) in [5.74, 6) is 0.676. The molecule has 0 aromatic heterocycles. The van der Waals surface area contributed by atoms with Gasteiger partial charge >= 0.3 is 0 Å². The van der Waals surface area contributed by atoms with Crippen molar-refractivity contribution in [3.8, 4) is 17.2 Å². The first-order chi connectivity index (χ1) is 7.22. The lowest BCUT2D eigenvalue weighted by molar-refractivity contribution is 0.225. The number of rotatable bonds is 2. The second-order valence-corrected chi connectivity index (χ2v) is 3.72. The van der Waals surface area contributed by atoms with Crippen LogP contribution in [0.15, 0.2) is 12.1 Å². The maximum Gasteiger partial charge on any atom is 0.130 e. The van der Waals surface area contributed by atoms with Crippen LogP contribution in [0.3, 0.4) is 0 Å². The van der Waals surface area contributed by atoms with Gasteiger partial charge in [0.15, 0.2) is 0 Å². The normalized spacial score (nSPS) is 19.4. The van der Waals surface area contributed by atoms with Crippen molar-refractivity contribution < 1.29 is 20.1 Å². The van der Waals surface area contributed by atoms with E-state index in [4.69, 9.17) is 9.84 Å². The number of phenols is 2. The lowest BCUT2D eigenvalue weighted by Gasteiger charge is -2.26. The van der Waals surface area contributed by atoms with Crippen LogP contribution in [0.5, 0.6) is 17.2 Å². The molecule has 1 aliphatic heterocycles. The molecule has 1 aromatic carbocycles. The zero-order valence-corrected chi connectivity index (χ0v) is 8.31. The number of fused-ring (bicyclic) bond motifs is 1. The first-order valence-corrected chi connectivity index (χ1v) is 5.02. The first-order valence-electron chi connectivity index (χ1n) is 5.02. The van der Waals surface area contributed by atoms with Crippen LogP contribution in [0.25, 0.3) is 0 Å². The van der Waals surface area contributed by atoms with Crippen molar-refractivity contribution in [2.75, 3.05) is 13.2 Å². The highest BCUT2D eigenvalue weighted by Gasteiger charge is 2.25. The summed E-state index contributed by atoms with van der Waals surface area (Å²) in [5, 5.41) is 27.9. The highest BCUT2D eigenvalue weighted by Crippen LogP contribution is 2.43. The molecule has 82 valence electrons. The second-order valence-electron chi connectivity index (χ2n) is 3.72. The molecule has 1 atom stereocenters. The van der Waals surface area contributed by atoms with Crippen LogP contribution < -0.4 is 4.74 Å². The van der Waals surface area contributed by atoms with E-state index in [1.165, 1.54) is 12.1 Å². The molecule has 1 aliphatic rings. The molecule has 0 unspecified atom stereocenters. The maximum atomic E-state index is 9.71. The average Bonchev–Trinajstić information content (AvgIpc) is 2.17. The van der Waals surface area contributed by atoms with Crippen LogP contribution in [0.4, 0.5) is 0 Å². The van der Waals surface area contributed by atoms with E-state index >= 15 is 0 Å². The van der Waals surface area contributed by atoms with Crippen molar-refractivity contribution in [1.29, 1.82) is 0 Å². The molecule has 4 nitrogen and oxygen atoms in total. The van der Waals surface area contributed by atoms with Crippen LogP contribution >= 0.6 is 0 Å². The first kappa shape index (κ1) is 10.1. The van der Waals surface area contributed by atoms with Gasteiger partial charge in [0.25, 0.3) is 0 Å². The van der Waals surface area contributed by atoms with E-state index in [1.54, 1.807) is 0 Å². The summed E-state index contributed by atoms with van der Waals surface area (Å²) in [6.07, 6.45) is 1.39. The molecule has 4 heteroatoms. The molecule has 0 amide bonds. The SMILES string of the molecule is OCC[C@@H]1CCOc2cc(O)cc(O)c21. The smallest absolute Gasteiger partial charge is 0.130 e. The Morgan fingerprint density at radius 3 is 2.87 bits per heavy atom. The fraction of sp³-hybridized carbons (Fsp3) is 0.455. The van der Waals surface area contributed by atoms with Crippen molar-refractivity contribution in [2.24, 2.45) is 0 Å². The van der Waals surface area contributed by atoms with Crippen LogP contribution in [-0.4, -0.2) is 28.5 Å². The largest absolute Gasteiger partial charge is 0.508 e. The Labute approximate surface area is 87.7 Å². The van der Waals surface area contributed by atoms with Crippen LogP contribution in [0, 0.1) is 0 Å². The maximum absolute atomic E-state index is 9.71. The molecule has 0 saturated carbocycles. The highest BCUT2D eigenvalue weighted by atomic mass is 16.5. The summed E-state index contributed by atoms with van der Waals surface area (Å²) in [6, 6.07) is 2.80. The summed E-state index contributed by atoms with van der Waals surface area (Å²) >= 11 is 0. The number of aliphatic hydroxyl groups excluding tert-OH is 1. The minimum atomic E-state index is -0.00380. The van der Waals surface area contributed by atoms with Gasteiger partial charge < -0.3 is 20.1 Å². The third-order valence-electron chi connectivity index (χ3n) is 2.71. The topological polar surface area (TPSA) is 69.9 Å². The third kappa shape index (κ3) is 1.85. The predicted molar refractivity (Wildman–Crippen MR) is 54.3 cm³/mol. The number of aromatic hydroxyl groups is 2. The monoisotopic (exact) mass is 210 g/mol. The summed E-state index contributed by atoms with van der Waals surface area (Å²) in [4.78, 5) is 0. The van der Waals surface area contributed by atoms with Crippen molar-refractivity contribution in [3.63, 3.8) is 0 Å². The Bertz CT molecular complexity index is 362. The second kappa shape index (κ2) is 3.98. The zero-order valence-electron chi connectivity index (χ0n) is 8.31. The molecule has 3 N–H and O–H groups in total. The van der Waals surface area contributed by atoms with E-state index in [-0.39, 0.29) is 24.0 Å². The van der Waals surface area contributed by atoms with Crippen LogP contribution in [-0.2, 0) is 0 Å². The highest BCUT2D eigenvalue weighted by molar-refractivity contribution is 5.52. The molecule has 0 fully saturated rings. The van der Waals surface area contributed by atoms with E-state index in [0.717, 1.165) is 6.42 Å². The van der Waals surface area contributed by atoms with Crippen molar-refractivity contribution >= 4 is 0 Å². The molecular formula is C11H14O4. The predicted octanol–water partition coefficient (Wildman–Crippen LogP) is 1.35. The molecule has 2 rings (SSSR count). The third-order valence-corrected chi connectivity index (χ3v) is 2.71. The number of hydrogen-bond donors (Lipinski definition) is 3. The lowest BCUT2D eigenvalue weighted by atomic mass is 9.89. The van der Waals surface area contributed by atoms with Gasteiger partial charge in [0.2, 0.25) is 0 Å². The molecular weight excluding hydrogens is 196 g/mol. The molecule has 1 heterocycles. The minimum absolute atomic E-state index is 0.00380. The van der Waals surface area contributed by atoms with E-state index in [2.05, 4.69) is 0 Å². The lowest BCUT2D eigenvalue weighted by Crippen LogP contribution is -2.15. The molecule has 1 aromatic rings. The number of ether oxygens (including phenoxy) is 1. The van der Waals surface area contributed by atoms with E-state index in [1.807, 2.05) is 0 Å². The standard InChI is InChI=1S/C11H14O4/c12-3-1-7-2-4-15-10-6-8(13)5-9(14)11(7)10/h5-7,12-14H,1-4H2/t7-/m1/s1. The average molecular weight is 210 g/mol. The molecule has 0 radical (unpaired) electrons. The Morgan fingerprint density at radius 1 is 1.33 bits per heavy atom. The van der Waals surface area contributed by atoms with Gasteiger partial charge in [0, 0.05) is 24.3 Å². The Hall–Kier alpha value is -1.42. The van der Waals surface area contributed by atoms with Gasteiger partial charge in [-0.2, -0.15) is 0 Å². The zero-order chi connectivity index (χ0) is 10.8. The summed E-state index contributed by atoms with van der Waals surface area (Å²) in [7, 11) is 0. The molecule has 0 aliphatic carbocycles. The van der Waals surface area contributed by atoms with Gasteiger partial charge in [-0.1, -0.05) is 0 Å². The van der Waals surface area contributed by atoms with Crippen molar-refractivity contribution in [3.05, 3.63) is 17.7 Å². The molecule has 0 saturated heterocycles. The van der Waals surface area contributed by atoms with Gasteiger partial charge in [0.1, 0.15) is 17.2 Å². The Balaban J connectivity index is 2.41.